The zero-order valence-corrected chi connectivity index (χ0v) is 4.70. The standard InChI is InChI=1S/C6H7NO2/c8-5-3-1-2-4-6(9)7-5/h1-4,7-9H. The molecule has 9 heavy (non-hydrogen) atoms. The summed E-state index contributed by atoms with van der Waals surface area (Å²) in [5.74, 6) is -0.116. The Hall–Kier alpha value is -1.38. The molecule has 48 valence electrons. The molecule has 0 atom stereocenters. The Morgan fingerprint density at radius 3 is 1.89 bits per heavy atom. The summed E-state index contributed by atoms with van der Waals surface area (Å²) >= 11 is 0. The molecule has 0 aromatic carbocycles. The van der Waals surface area contributed by atoms with Gasteiger partial charge in [0.1, 0.15) is 0 Å². The molecule has 1 aliphatic rings. The molecule has 0 bridgehead atoms. The molecule has 3 nitrogen and oxygen atoms in total. The van der Waals surface area contributed by atoms with Crippen LogP contribution in [0, 0.1) is 0 Å². The van der Waals surface area contributed by atoms with E-state index in [9.17, 15) is 0 Å². The van der Waals surface area contributed by atoms with Crippen LogP contribution in [0.3, 0.4) is 0 Å². The maximum Gasteiger partial charge on any atom is 0.190 e. The minimum atomic E-state index is -0.0579. The summed E-state index contributed by atoms with van der Waals surface area (Å²) in [6.07, 6.45) is 6.12. The van der Waals surface area contributed by atoms with E-state index < -0.39 is 0 Å². The molecule has 0 fully saturated rings. The van der Waals surface area contributed by atoms with Crippen LogP contribution in [0.4, 0.5) is 0 Å². The van der Waals surface area contributed by atoms with Gasteiger partial charge in [0.15, 0.2) is 11.8 Å². The Kier molecular flexibility index (Phi) is 1.44. The Labute approximate surface area is 52.6 Å². The smallest absolute Gasteiger partial charge is 0.190 e. The number of rotatable bonds is 0. The van der Waals surface area contributed by atoms with Crippen molar-refractivity contribution >= 4 is 0 Å². The highest BCUT2D eigenvalue weighted by Gasteiger charge is 1.94. The van der Waals surface area contributed by atoms with E-state index in [0.29, 0.717) is 0 Å². The van der Waals surface area contributed by atoms with Gasteiger partial charge in [0.2, 0.25) is 0 Å². The predicted octanol–water partition coefficient (Wildman–Crippen LogP) is 0.945. The van der Waals surface area contributed by atoms with E-state index >= 15 is 0 Å². The second-order valence-corrected chi connectivity index (χ2v) is 1.61. The number of allylic oxidation sites excluding steroid dienone is 4. The summed E-state index contributed by atoms with van der Waals surface area (Å²) in [6.45, 7) is 0. The number of aliphatic hydroxyl groups is 2. The fourth-order valence-corrected chi connectivity index (χ4v) is 0.508. The average Bonchev–Trinajstić information content (AvgIpc) is 1.93. The van der Waals surface area contributed by atoms with Crippen molar-refractivity contribution in [2.24, 2.45) is 0 Å². The molecule has 0 saturated heterocycles. The zero-order valence-electron chi connectivity index (χ0n) is 4.70. The van der Waals surface area contributed by atoms with Crippen molar-refractivity contribution in [2.45, 2.75) is 0 Å². The van der Waals surface area contributed by atoms with Crippen LogP contribution >= 0.6 is 0 Å². The normalized spacial score (nSPS) is 17.3. The maximum atomic E-state index is 8.76. The Morgan fingerprint density at radius 2 is 1.44 bits per heavy atom. The molecule has 3 heteroatoms. The first-order chi connectivity index (χ1) is 4.29. The van der Waals surface area contributed by atoms with Crippen molar-refractivity contribution in [1.29, 1.82) is 0 Å². The van der Waals surface area contributed by atoms with E-state index in [0.717, 1.165) is 0 Å². The van der Waals surface area contributed by atoms with Crippen molar-refractivity contribution in [2.75, 3.05) is 0 Å². The highest BCUT2D eigenvalue weighted by Crippen LogP contribution is 1.95. The second-order valence-electron chi connectivity index (χ2n) is 1.61. The lowest BCUT2D eigenvalue weighted by Gasteiger charge is -1.98. The topological polar surface area (TPSA) is 52.5 Å². The van der Waals surface area contributed by atoms with Gasteiger partial charge in [-0.3, -0.25) is 5.32 Å². The fourth-order valence-electron chi connectivity index (χ4n) is 0.508. The summed E-state index contributed by atoms with van der Waals surface area (Å²) in [7, 11) is 0. The predicted molar refractivity (Wildman–Crippen MR) is 33.7 cm³/mol. The van der Waals surface area contributed by atoms with Gasteiger partial charge in [0.25, 0.3) is 0 Å². The Morgan fingerprint density at radius 1 is 1.00 bits per heavy atom. The first kappa shape index (κ1) is 5.75. The van der Waals surface area contributed by atoms with Crippen LogP contribution in [0.2, 0.25) is 0 Å². The monoisotopic (exact) mass is 125 g/mol. The Bertz CT molecular complexity index is 171. The van der Waals surface area contributed by atoms with Crippen molar-refractivity contribution in [1.82, 2.24) is 5.32 Å². The SMILES string of the molecule is OC1=CC=CC=C(O)N1. The van der Waals surface area contributed by atoms with Crippen LogP contribution in [0.25, 0.3) is 0 Å². The minimum Gasteiger partial charge on any atom is -0.495 e. The first-order valence-corrected chi connectivity index (χ1v) is 2.52. The summed E-state index contributed by atoms with van der Waals surface area (Å²) < 4.78 is 0. The molecule has 0 amide bonds. The van der Waals surface area contributed by atoms with E-state index in [1.165, 1.54) is 12.2 Å². The summed E-state index contributed by atoms with van der Waals surface area (Å²) in [4.78, 5) is 0. The quantitative estimate of drug-likeness (QED) is 0.451. The van der Waals surface area contributed by atoms with Crippen LogP contribution in [-0.2, 0) is 0 Å². The number of nitrogens with one attached hydrogen (secondary N) is 1. The molecule has 0 aromatic rings. The van der Waals surface area contributed by atoms with E-state index in [1.807, 2.05) is 0 Å². The zero-order chi connectivity index (χ0) is 6.69. The lowest BCUT2D eigenvalue weighted by molar-refractivity contribution is 0.314. The molecule has 1 aliphatic heterocycles. The molecular formula is C6H7NO2. The molecule has 0 unspecified atom stereocenters. The third-order valence-electron chi connectivity index (χ3n) is 0.875. The molecule has 0 radical (unpaired) electrons. The molecular weight excluding hydrogens is 118 g/mol. The molecule has 3 N–H and O–H groups in total. The van der Waals surface area contributed by atoms with Gasteiger partial charge in [-0.2, -0.15) is 0 Å². The van der Waals surface area contributed by atoms with Crippen LogP contribution in [0.5, 0.6) is 0 Å². The van der Waals surface area contributed by atoms with Gasteiger partial charge in [-0.25, -0.2) is 0 Å². The molecule has 1 rings (SSSR count). The van der Waals surface area contributed by atoms with E-state index in [4.69, 9.17) is 10.2 Å². The van der Waals surface area contributed by atoms with Gasteiger partial charge in [0, 0.05) is 0 Å². The third-order valence-corrected chi connectivity index (χ3v) is 0.875. The Balaban J connectivity index is 2.77. The van der Waals surface area contributed by atoms with E-state index in [2.05, 4.69) is 5.32 Å². The average molecular weight is 125 g/mol. The summed E-state index contributed by atoms with van der Waals surface area (Å²) in [6, 6.07) is 0. The number of hydrogen-bond donors (Lipinski definition) is 3. The van der Waals surface area contributed by atoms with Crippen molar-refractivity contribution in [3.05, 3.63) is 36.1 Å². The minimum absolute atomic E-state index is 0.0579. The second kappa shape index (κ2) is 2.26. The first-order valence-electron chi connectivity index (χ1n) is 2.52. The highest BCUT2D eigenvalue weighted by molar-refractivity contribution is 5.19. The van der Waals surface area contributed by atoms with Gasteiger partial charge >= 0.3 is 0 Å². The molecule has 0 spiro atoms. The highest BCUT2D eigenvalue weighted by atomic mass is 16.3. The molecule has 0 aliphatic carbocycles. The van der Waals surface area contributed by atoms with Crippen molar-refractivity contribution in [3.63, 3.8) is 0 Å². The lowest BCUT2D eigenvalue weighted by atomic mass is 10.5. The molecule has 1 heterocycles. The van der Waals surface area contributed by atoms with Crippen LogP contribution < -0.4 is 5.32 Å². The molecule has 0 aromatic heterocycles. The lowest BCUT2D eigenvalue weighted by Crippen LogP contribution is -2.10. The molecule has 0 saturated carbocycles. The van der Waals surface area contributed by atoms with Gasteiger partial charge in [-0.1, -0.05) is 12.2 Å². The summed E-state index contributed by atoms with van der Waals surface area (Å²) in [5.41, 5.74) is 0. The van der Waals surface area contributed by atoms with Gasteiger partial charge in [-0.05, 0) is 12.2 Å². The van der Waals surface area contributed by atoms with Gasteiger partial charge in [-0.15, -0.1) is 0 Å². The van der Waals surface area contributed by atoms with E-state index in [-0.39, 0.29) is 11.8 Å². The summed E-state index contributed by atoms with van der Waals surface area (Å²) in [5, 5.41) is 19.8. The van der Waals surface area contributed by atoms with Crippen molar-refractivity contribution in [3.8, 4) is 0 Å². The maximum absolute atomic E-state index is 8.76. The van der Waals surface area contributed by atoms with Crippen molar-refractivity contribution < 1.29 is 10.2 Å². The van der Waals surface area contributed by atoms with E-state index in [1.54, 1.807) is 12.2 Å². The van der Waals surface area contributed by atoms with Gasteiger partial charge < -0.3 is 10.2 Å². The van der Waals surface area contributed by atoms with Crippen LogP contribution in [-0.4, -0.2) is 10.2 Å². The van der Waals surface area contributed by atoms with Gasteiger partial charge in [0.05, 0.1) is 0 Å². The third kappa shape index (κ3) is 1.53. The number of aliphatic hydroxyl groups excluding tert-OH is 2. The van der Waals surface area contributed by atoms with Crippen LogP contribution in [0.15, 0.2) is 36.1 Å². The fraction of sp³-hybridized carbons (Fsp3) is 0. The largest absolute Gasteiger partial charge is 0.495 e. The number of hydrogen-bond acceptors (Lipinski definition) is 3. The van der Waals surface area contributed by atoms with Crippen LogP contribution in [0.1, 0.15) is 0 Å².